The maximum absolute atomic E-state index is 13.2. The second-order valence-electron chi connectivity index (χ2n) is 4.04. The van der Waals surface area contributed by atoms with Gasteiger partial charge in [-0.1, -0.05) is 0 Å². The van der Waals surface area contributed by atoms with Crippen molar-refractivity contribution in [2.75, 3.05) is 25.2 Å². The van der Waals surface area contributed by atoms with E-state index in [1.807, 2.05) is 6.26 Å². The molecule has 17 heavy (non-hydrogen) atoms. The Balaban J connectivity index is 3.11. The summed E-state index contributed by atoms with van der Waals surface area (Å²) in [5, 5.41) is 9.50. The first kappa shape index (κ1) is 14.4. The fourth-order valence-electron chi connectivity index (χ4n) is 1.76. The van der Waals surface area contributed by atoms with Crippen LogP contribution in [-0.4, -0.2) is 30.3 Å². The zero-order chi connectivity index (χ0) is 12.9. The highest BCUT2D eigenvalue weighted by atomic mass is 32.2. The molecule has 0 aliphatic rings. The molecule has 1 rings (SSSR count). The van der Waals surface area contributed by atoms with Gasteiger partial charge in [0.1, 0.15) is 11.6 Å². The molecule has 5 heteroatoms. The van der Waals surface area contributed by atoms with Gasteiger partial charge < -0.3 is 10.8 Å². The van der Waals surface area contributed by atoms with E-state index < -0.39 is 17.0 Å². The SMILES string of the molecule is CSCCC(CN)(CO)c1cc(F)cc(F)c1. The van der Waals surface area contributed by atoms with Gasteiger partial charge in [0, 0.05) is 18.0 Å². The second kappa shape index (κ2) is 6.33. The minimum absolute atomic E-state index is 0.160. The summed E-state index contributed by atoms with van der Waals surface area (Å²) in [7, 11) is 0. The molecule has 3 N–H and O–H groups in total. The van der Waals surface area contributed by atoms with Crippen molar-refractivity contribution in [1.29, 1.82) is 0 Å². The fourth-order valence-corrected chi connectivity index (χ4v) is 2.35. The van der Waals surface area contributed by atoms with Crippen LogP contribution in [0, 0.1) is 11.6 Å². The molecule has 0 heterocycles. The molecule has 2 nitrogen and oxygen atoms in total. The van der Waals surface area contributed by atoms with Gasteiger partial charge in [-0.2, -0.15) is 11.8 Å². The number of thioether (sulfide) groups is 1. The van der Waals surface area contributed by atoms with Crippen LogP contribution in [-0.2, 0) is 5.41 Å². The van der Waals surface area contributed by atoms with Gasteiger partial charge in [-0.3, -0.25) is 0 Å². The Labute approximate surface area is 104 Å². The number of rotatable bonds is 6. The van der Waals surface area contributed by atoms with Gasteiger partial charge in [0.05, 0.1) is 6.61 Å². The highest BCUT2D eigenvalue weighted by molar-refractivity contribution is 7.98. The molecule has 0 saturated heterocycles. The van der Waals surface area contributed by atoms with Gasteiger partial charge in [-0.25, -0.2) is 8.78 Å². The van der Waals surface area contributed by atoms with Crippen molar-refractivity contribution in [3.8, 4) is 0 Å². The minimum atomic E-state index is -0.758. The molecular formula is C12H17F2NOS. The van der Waals surface area contributed by atoms with Crippen molar-refractivity contribution in [3.05, 3.63) is 35.4 Å². The zero-order valence-corrected chi connectivity index (χ0v) is 10.6. The summed E-state index contributed by atoms with van der Waals surface area (Å²) in [6.07, 6.45) is 2.52. The molecule has 0 radical (unpaired) electrons. The number of hydrogen-bond donors (Lipinski definition) is 2. The predicted octanol–water partition coefficient (Wildman–Crippen LogP) is 1.91. The number of nitrogens with two attached hydrogens (primary N) is 1. The van der Waals surface area contributed by atoms with Crippen LogP contribution in [0.4, 0.5) is 8.78 Å². The van der Waals surface area contributed by atoms with E-state index in [0.29, 0.717) is 12.0 Å². The lowest BCUT2D eigenvalue weighted by molar-refractivity contribution is 0.193. The molecule has 0 spiro atoms. The summed E-state index contributed by atoms with van der Waals surface area (Å²) < 4.78 is 26.4. The molecule has 1 unspecified atom stereocenters. The lowest BCUT2D eigenvalue weighted by atomic mass is 9.79. The zero-order valence-electron chi connectivity index (χ0n) is 9.75. The van der Waals surface area contributed by atoms with Crippen molar-refractivity contribution >= 4 is 11.8 Å². The smallest absolute Gasteiger partial charge is 0.126 e. The third kappa shape index (κ3) is 3.40. The van der Waals surface area contributed by atoms with Crippen LogP contribution in [0.15, 0.2) is 18.2 Å². The molecule has 1 aromatic rings. The first-order valence-corrected chi connectivity index (χ1v) is 6.74. The summed E-state index contributed by atoms with van der Waals surface area (Å²) in [6, 6.07) is 3.30. The highest BCUT2D eigenvalue weighted by Crippen LogP contribution is 2.29. The van der Waals surface area contributed by atoms with Crippen LogP contribution in [0.25, 0.3) is 0 Å². The fraction of sp³-hybridized carbons (Fsp3) is 0.500. The topological polar surface area (TPSA) is 46.2 Å². The maximum atomic E-state index is 13.2. The predicted molar refractivity (Wildman–Crippen MR) is 67.2 cm³/mol. The summed E-state index contributed by atoms with van der Waals surface area (Å²) in [5.41, 5.74) is 5.34. The minimum Gasteiger partial charge on any atom is -0.395 e. The van der Waals surface area contributed by atoms with Crippen molar-refractivity contribution in [2.24, 2.45) is 5.73 Å². The second-order valence-corrected chi connectivity index (χ2v) is 5.03. The average molecular weight is 261 g/mol. The molecule has 0 aliphatic carbocycles. The van der Waals surface area contributed by atoms with E-state index in [4.69, 9.17) is 5.73 Å². The van der Waals surface area contributed by atoms with Crippen molar-refractivity contribution in [2.45, 2.75) is 11.8 Å². The Morgan fingerprint density at radius 3 is 2.29 bits per heavy atom. The van der Waals surface area contributed by atoms with E-state index in [-0.39, 0.29) is 13.2 Å². The molecule has 0 bridgehead atoms. The van der Waals surface area contributed by atoms with Crippen LogP contribution < -0.4 is 5.73 Å². The van der Waals surface area contributed by atoms with Crippen molar-refractivity contribution in [3.63, 3.8) is 0 Å². The van der Waals surface area contributed by atoms with Gasteiger partial charge in [-0.05, 0) is 36.1 Å². The third-order valence-electron chi connectivity index (χ3n) is 2.95. The van der Waals surface area contributed by atoms with E-state index in [1.54, 1.807) is 11.8 Å². The molecule has 0 amide bonds. The normalized spacial score (nSPS) is 14.6. The summed E-state index contributed by atoms with van der Waals surface area (Å²) >= 11 is 1.61. The van der Waals surface area contributed by atoms with Crippen LogP contribution in [0.2, 0.25) is 0 Å². The van der Waals surface area contributed by atoms with Crippen LogP contribution in [0.3, 0.4) is 0 Å². The molecule has 0 aliphatic heterocycles. The molecule has 96 valence electrons. The van der Waals surface area contributed by atoms with Gasteiger partial charge in [-0.15, -0.1) is 0 Å². The van der Waals surface area contributed by atoms with Gasteiger partial charge >= 0.3 is 0 Å². The number of halogens is 2. The Morgan fingerprint density at radius 2 is 1.88 bits per heavy atom. The highest BCUT2D eigenvalue weighted by Gasteiger charge is 2.30. The lowest BCUT2D eigenvalue weighted by Crippen LogP contribution is -2.39. The quantitative estimate of drug-likeness (QED) is 0.822. The van der Waals surface area contributed by atoms with Crippen LogP contribution in [0.1, 0.15) is 12.0 Å². The number of aliphatic hydroxyl groups excluding tert-OH is 1. The first-order valence-electron chi connectivity index (χ1n) is 5.34. The van der Waals surface area contributed by atoms with E-state index >= 15 is 0 Å². The monoisotopic (exact) mass is 261 g/mol. The Bertz CT molecular complexity index is 349. The summed E-state index contributed by atoms with van der Waals surface area (Å²) in [5.74, 6) is -0.513. The van der Waals surface area contributed by atoms with E-state index in [1.165, 1.54) is 12.1 Å². The molecule has 1 aromatic carbocycles. The molecule has 1 atom stereocenters. The van der Waals surface area contributed by atoms with E-state index in [0.717, 1.165) is 11.8 Å². The molecular weight excluding hydrogens is 244 g/mol. The Hall–Kier alpha value is -0.650. The van der Waals surface area contributed by atoms with Crippen molar-refractivity contribution in [1.82, 2.24) is 0 Å². The lowest BCUT2D eigenvalue weighted by Gasteiger charge is -2.31. The maximum Gasteiger partial charge on any atom is 0.126 e. The molecule has 0 fully saturated rings. The molecule has 0 saturated carbocycles. The Kier molecular flexibility index (Phi) is 5.36. The standard InChI is InChI=1S/C12H17F2NOS/c1-17-3-2-12(7-15,8-16)9-4-10(13)6-11(14)5-9/h4-6,16H,2-3,7-8,15H2,1H3. The summed E-state index contributed by atoms with van der Waals surface area (Å²) in [4.78, 5) is 0. The Morgan fingerprint density at radius 1 is 1.29 bits per heavy atom. The van der Waals surface area contributed by atoms with E-state index in [9.17, 15) is 13.9 Å². The molecule has 0 aromatic heterocycles. The number of aliphatic hydroxyl groups is 1. The number of benzene rings is 1. The van der Waals surface area contributed by atoms with E-state index in [2.05, 4.69) is 0 Å². The van der Waals surface area contributed by atoms with Crippen LogP contribution >= 0.6 is 11.8 Å². The summed E-state index contributed by atoms with van der Waals surface area (Å²) in [6.45, 7) is -0.0556. The van der Waals surface area contributed by atoms with Crippen LogP contribution in [0.5, 0.6) is 0 Å². The third-order valence-corrected chi connectivity index (χ3v) is 3.57. The van der Waals surface area contributed by atoms with Crippen molar-refractivity contribution < 1.29 is 13.9 Å². The number of hydrogen-bond acceptors (Lipinski definition) is 3. The van der Waals surface area contributed by atoms with Gasteiger partial charge in [0.15, 0.2) is 0 Å². The first-order chi connectivity index (χ1) is 8.07. The van der Waals surface area contributed by atoms with Gasteiger partial charge in [0.25, 0.3) is 0 Å². The largest absolute Gasteiger partial charge is 0.395 e. The van der Waals surface area contributed by atoms with Gasteiger partial charge in [0.2, 0.25) is 0 Å². The average Bonchev–Trinajstić information content (AvgIpc) is 2.30.